The quantitative estimate of drug-likeness (QED) is 0.182. The van der Waals surface area contributed by atoms with Crippen molar-refractivity contribution < 1.29 is 29.3 Å². The van der Waals surface area contributed by atoms with E-state index in [-0.39, 0.29) is 39.5 Å². The van der Waals surface area contributed by atoms with E-state index in [2.05, 4.69) is 20.8 Å². The molecule has 0 saturated heterocycles. The molecule has 0 heterocycles. The van der Waals surface area contributed by atoms with Gasteiger partial charge in [0.05, 0.1) is 0 Å². The number of rotatable bonds is 6. The third kappa shape index (κ3) is 5.39. The SMILES string of the molecule is CC(C)(C)c1ccc(C(=O)c2c(O)cccc2OC(=O)c2ccccc2Oc2cccc(O)c2)cc1. The Balaban J connectivity index is 1.63. The fourth-order valence-electron chi connectivity index (χ4n) is 3.65. The Kier molecular flexibility index (Phi) is 6.79. The number of carbonyl (C=O) groups is 2. The molecule has 4 aromatic carbocycles. The number of hydrogen-bond acceptors (Lipinski definition) is 6. The van der Waals surface area contributed by atoms with Crippen LogP contribution in [0.25, 0.3) is 0 Å². The minimum atomic E-state index is -0.770. The van der Waals surface area contributed by atoms with E-state index in [9.17, 15) is 19.8 Å². The summed E-state index contributed by atoms with van der Waals surface area (Å²) >= 11 is 0. The Labute approximate surface area is 209 Å². The van der Waals surface area contributed by atoms with Gasteiger partial charge in [-0.3, -0.25) is 4.79 Å². The van der Waals surface area contributed by atoms with Crippen LogP contribution in [0.3, 0.4) is 0 Å². The van der Waals surface area contributed by atoms with Crippen molar-refractivity contribution in [2.24, 2.45) is 0 Å². The van der Waals surface area contributed by atoms with Gasteiger partial charge in [-0.15, -0.1) is 0 Å². The van der Waals surface area contributed by atoms with Crippen molar-refractivity contribution in [3.63, 3.8) is 0 Å². The molecule has 182 valence electrons. The lowest BCUT2D eigenvalue weighted by Crippen LogP contribution is -2.14. The molecule has 0 radical (unpaired) electrons. The maximum Gasteiger partial charge on any atom is 0.347 e. The van der Waals surface area contributed by atoms with Crippen LogP contribution in [0.2, 0.25) is 0 Å². The Morgan fingerprint density at radius 2 is 1.42 bits per heavy atom. The summed E-state index contributed by atoms with van der Waals surface area (Å²) in [6.07, 6.45) is 0. The predicted molar refractivity (Wildman–Crippen MR) is 136 cm³/mol. The zero-order valence-electron chi connectivity index (χ0n) is 20.2. The van der Waals surface area contributed by atoms with Gasteiger partial charge in [0.25, 0.3) is 0 Å². The predicted octanol–water partition coefficient (Wildman–Crippen LogP) is 6.64. The largest absolute Gasteiger partial charge is 0.508 e. The molecule has 0 saturated carbocycles. The summed E-state index contributed by atoms with van der Waals surface area (Å²) in [4.78, 5) is 26.4. The maximum atomic E-state index is 13.3. The molecule has 0 aromatic heterocycles. The highest BCUT2D eigenvalue weighted by molar-refractivity contribution is 6.13. The minimum absolute atomic E-state index is 0.0194. The second-order valence-electron chi connectivity index (χ2n) is 9.29. The third-order valence-electron chi connectivity index (χ3n) is 5.60. The standard InChI is InChI=1S/C30H26O6/c1-30(2,3)20-16-14-19(15-17-20)28(33)27-24(32)11-7-13-26(27)36-29(34)23-10-4-5-12-25(23)35-22-9-6-8-21(31)18-22/h4-18,31-32H,1-3H3. The van der Waals surface area contributed by atoms with Gasteiger partial charge >= 0.3 is 5.97 Å². The maximum absolute atomic E-state index is 13.3. The zero-order chi connectivity index (χ0) is 25.9. The monoisotopic (exact) mass is 482 g/mol. The molecule has 0 aliphatic rings. The second kappa shape index (κ2) is 9.96. The number of carbonyl (C=O) groups excluding carboxylic acids is 2. The van der Waals surface area contributed by atoms with Crippen LogP contribution in [-0.4, -0.2) is 22.0 Å². The molecule has 6 heteroatoms. The van der Waals surface area contributed by atoms with Crippen LogP contribution >= 0.6 is 0 Å². The van der Waals surface area contributed by atoms with Gasteiger partial charge in [-0.25, -0.2) is 4.79 Å². The molecule has 4 aromatic rings. The van der Waals surface area contributed by atoms with Gasteiger partial charge in [0.2, 0.25) is 5.78 Å². The van der Waals surface area contributed by atoms with E-state index in [4.69, 9.17) is 9.47 Å². The van der Waals surface area contributed by atoms with Crippen molar-refractivity contribution in [3.8, 4) is 28.7 Å². The average Bonchev–Trinajstić information content (AvgIpc) is 2.84. The molecule has 0 spiro atoms. The summed E-state index contributed by atoms with van der Waals surface area (Å²) in [6.45, 7) is 6.23. The van der Waals surface area contributed by atoms with Crippen LogP contribution in [0.5, 0.6) is 28.7 Å². The van der Waals surface area contributed by atoms with Gasteiger partial charge in [0.1, 0.15) is 39.9 Å². The van der Waals surface area contributed by atoms with Gasteiger partial charge in [0.15, 0.2) is 0 Å². The lowest BCUT2D eigenvalue weighted by molar-refractivity contribution is 0.0730. The van der Waals surface area contributed by atoms with Crippen molar-refractivity contribution in [1.82, 2.24) is 0 Å². The van der Waals surface area contributed by atoms with Crippen molar-refractivity contribution >= 4 is 11.8 Å². The first-order valence-corrected chi connectivity index (χ1v) is 11.4. The van der Waals surface area contributed by atoms with Crippen molar-refractivity contribution in [2.75, 3.05) is 0 Å². The summed E-state index contributed by atoms with van der Waals surface area (Å²) in [5.74, 6) is -1.05. The lowest BCUT2D eigenvalue weighted by Gasteiger charge is -2.19. The Morgan fingerprint density at radius 3 is 2.11 bits per heavy atom. The molecule has 0 aliphatic carbocycles. The van der Waals surface area contributed by atoms with E-state index in [1.165, 1.54) is 36.4 Å². The molecule has 2 N–H and O–H groups in total. The van der Waals surface area contributed by atoms with Gasteiger partial charge in [-0.05, 0) is 47.4 Å². The molecule has 0 aliphatic heterocycles. The molecule has 6 nitrogen and oxygen atoms in total. The van der Waals surface area contributed by atoms with Gasteiger partial charge in [0, 0.05) is 11.6 Å². The number of esters is 1. The topological polar surface area (TPSA) is 93.1 Å². The Morgan fingerprint density at radius 1 is 0.750 bits per heavy atom. The van der Waals surface area contributed by atoms with Gasteiger partial charge in [-0.1, -0.05) is 69.3 Å². The van der Waals surface area contributed by atoms with Crippen LogP contribution in [0.4, 0.5) is 0 Å². The second-order valence-corrected chi connectivity index (χ2v) is 9.29. The van der Waals surface area contributed by atoms with Crippen LogP contribution in [0.1, 0.15) is 52.6 Å². The highest BCUT2D eigenvalue weighted by atomic mass is 16.5. The summed E-state index contributed by atoms with van der Waals surface area (Å²) in [5, 5.41) is 20.2. The number of para-hydroxylation sites is 1. The van der Waals surface area contributed by atoms with Crippen LogP contribution in [0, 0.1) is 0 Å². The first-order valence-electron chi connectivity index (χ1n) is 11.4. The number of ether oxygens (including phenoxy) is 2. The number of aromatic hydroxyl groups is 2. The Hall–Kier alpha value is -4.58. The number of phenolic OH excluding ortho intramolecular Hbond substituents is 2. The third-order valence-corrected chi connectivity index (χ3v) is 5.60. The number of benzene rings is 4. The molecule has 0 fully saturated rings. The highest BCUT2D eigenvalue weighted by Gasteiger charge is 2.24. The van der Waals surface area contributed by atoms with Gasteiger partial charge < -0.3 is 19.7 Å². The highest BCUT2D eigenvalue weighted by Crippen LogP contribution is 2.33. The molecule has 4 rings (SSSR count). The van der Waals surface area contributed by atoms with Gasteiger partial charge in [-0.2, -0.15) is 0 Å². The molecule has 0 atom stereocenters. The summed E-state index contributed by atoms with van der Waals surface area (Å²) < 4.78 is 11.4. The number of phenols is 2. The molecule has 0 unspecified atom stereocenters. The first kappa shape index (κ1) is 24.5. The Bertz CT molecular complexity index is 1410. The van der Waals surface area contributed by atoms with Crippen molar-refractivity contribution in [2.45, 2.75) is 26.2 Å². The van der Waals surface area contributed by atoms with E-state index in [1.54, 1.807) is 42.5 Å². The molecular weight excluding hydrogens is 456 g/mol. The van der Waals surface area contributed by atoms with Crippen molar-refractivity contribution in [3.05, 3.63) is 113 Å². The number of hydrogen-bond donors (Lipinski definition) is 2. The number of ketones is 1. The van der Waals surface area contributed by atoms with E-state index in [0.29, 0.717) is 11.3 Å². The first-order chi connectivity index (χ1) is 17.1. The van der Waals surface area contributed by atoms with Crippen LogP contribution in [-0.2, 0) is 5.41 Å². The summed E-state index contributed by atoms with van der Waals surface area (Å²) in [7, 11) is 0. The smallest absolute Gasteiger partial charge is 0.347 e. The molecule has 0 amide bonds. The van der Waals surface area contributed by atoms with Crippen LogP contribution < -0.4 is 9.47 Å². The molecule has 36 heavy (non-hydrogen) atoms. The van der Waals surface area contributed by atoms with Crippen molar-refractivity contribution in [1.29, 1.82) is 0 Å². The average molecular weight is 483 g/mol. The van der Waals surface area contributed by atoms with Crippen LogP contribution in [0.15, 0.2) is 91.0 Å². The fraction of sp³-hybridized carbons (Fsp3) is 0.133. The van der Waals surface area contributed by atoms with E-state index < -0.39 is 11.8 Å². The molecule has 0 bridgehead atoms. The van der Waals surface area contributed by atoms with E-state index in [0.717, 1.165) is 5.56 Å². The lowest BCUT2D eigenvalue weighted by atomic mass is 9.86. The zero-order valence-corrected chi connectivity index (χ0v) is 20.2. The van der Waals surface area contributed by atoms with E-state index >= 15 is 0 Å². The summed E-state index contributed by atoms with van der Waals surface area (Å²) in [5.41, 5.74) is 1.34. The molecular formula is C30H26O6. The van der Waals surface area contributed by atoms with E-state index in [1.807, 2.05) is 12.1 Å². The summed E-state index contributed by atoms with van der Waals surface area (Å²) in [6, 6.07) is 24.1. The minimum Gasteiger partial charge on any atom is -0.508 e. The fourth-order valence-corrected chi connectivity index (χ4v) is 3.65. The normalized spacial score (nSPS) is 11.1.